The number of rotatable bonds is 3. The Balaban J connectivity index is 2.23. The van der Waals surface area contributed by atoms with E-state index in [9.17, 15) is 9.59 Å². The van der Waals surface area contributed by atoms with Crippen LogP contribution in [0.4, 0.5) is 0 Å². The van der Waals surface area contributed by atoms with Crippen molar-refractivity contribution in [3.63, 3.8) is 0 Å². The molecule has 0 aliphatic carbocycles. The molecule has 1 N–H and O–H groups in total. The summed E-state index contributed by atoms with van der Waals surface area (Å²) in [4.78, 5) is 24.6. The van der Waals surface area contributed by atoms with Gasteiger partial charge in [0.2, 0.25) is 5.76 Å². The molecular weight excluding hydrogens is 306 g/mol. The molecule has 1 aliphatic heterocycles. The van der Waals surface area contributed by atoms with Crippen LogP contribution in [0, 0.1) is 0 Å². The van der Waals surface area contributed by atoms with Crippen molar-refractivity contribution in [3.05, 3.63) is 22.6 Å². The highest BCUT2D eigenvalue weighted by molar-refractivity contribution is 9.10. The second-order valence-electron chi connectivity index (χ2n) is 4.00. The van der Waals surface area contributed by atoms with Gasteiger partial charge >= 0.3 is 5.97 Å². The lowest BCUT2D eigenvalue weighted by Crippen LogP contribution is -2.40. The van der Waals surface area contributed by atoms with Crippen molar-refractivity contribution in [2.24, 2.45) is 0 Å². The van der Waals surface area contributed by atoms with Crippen molar-refractivity contribution < 1.29 is 23.8 Å². The van der Waals surface area contributed by atoms with Crippen molar-refractivity contribution in [1.29, 1.82) is 0 Å². The van der Waals surface area contributed by atoms with Crippen LogP contribution in [0.3, 0.4) is 0 Å². The van der Waals surface area contributed by atoms with E-state index in [4.69, 9.17) is 14.3 Å². The SMILES string of the molecule is COC1CC(C(=O)O)N(C(=O)c2occc2Br)C1. The minimum Gasteiger partial charge on any atom is -0.480 e. The number of hydrogen-bond acceptors (Lipinski definition) is 4. The molecule has 0 aromatic carbocycles. The van der Waals surface area contributed by atoms with Crippen LogP contribution in [-0.4, -0.2) is 47.7 Å². The van der Waals surface area contributed by atoms with Gasteiger partial charge in [-0.2, -0.15) is 0 Å². The maximum absolute atomic E-state index is 12.2. The van der Waals surface area contributed by atoms with E-state index in [0.29, 0.717) is 4.47 Å². The molecule has 6 nitrogen and oxygen atoms in total. The average Bonchev–Trinajstić information content (AvgIpc) is 2.93. The highest BCUT2D eigenvalue weighted by Gasteiger charge is 2.41. The predicted octanol–water partition coefficient (Wildman–Crippen LogP) is 1.36. The van der Waals surface area contributed by atoms with Crippen LogP contribution in [0.5, 0.6) is 0 Å². The molecule has 1 aromatic rings. The average molecular weight is 318 g/mol. The predicted molar refractivity (Wildman–Crippen MR) is 64.3 cm³/mol. The van der Waals surface area contributed by atoms with Gasteiger partial charge in [-0.1, -0.05) is 0 Å². The molecule has 2 atom stereocenters. The molecule has 1 aliphatic rings. The Morgan fingerprint density at radius 2 is 2.33 bits per heavy atom. The molecule has 98 valence electrons. The zero-order chi connectivity index (χ0) is 13.3. The molecule has 1 fully saturated rings. The number of methoxy groups -OCH3 is 1. The van der Waals surface area contributed by atoms with E-state index in [1.807, 2.05) is 0 Å². The molecular formula is C11H12BrNO5. The maximum atomic E-state index is 12.2. The van der Waals surface area contributed by atoms with Crippen molar-refractivity contribution in [3.8, 4) is 0 Å². The molecule has 7 heteroatoms. The maximum Gasteiger partial charge on any atom is 0.326 e. The summed E-state index contributed by atoms with van der Waals surface area (Å²) in [7, 11) is 1.50. The number of nitrogens with zero attached hydrogens (tertiary/aromatic N) is 1. The number of carboxylic acids is 1. The Morgan fingerprint density at radius 3 is 2.83 bits per heavy atom. The fraction of sp³-hybridized carbons (Fsp3) is 0.455. The molecule has 1 amide bonds. The molecule has 0 saturated carbocycles. The number of carbonyl (C=O) groups is 2. The number of aliphatic carboxylic acids is 1. The van der Waals surface area contributed by atoms with Gasteiger partial charge in [0.1, 0.15) is 6.04 Å². The molecule has 1 saturated heterocycles. The fourth-order valence-electron chi connectivity index (χ4n) is 2.00. The minimum absolute atomic E-state index is 0.109. The first-order valence-electron chi connectivity index (χ1n) is 5.34. The summed E-state index contributed by atoms with van der Waals surface area (Å²) in [6, 6.07) is 0.715. The van der Waals surface area contributed by atoms with Crippen LogP contribution >= 0.6 is 15.9 Å². The molecule has 2 rings (SSSR count). The summed E-state index contributed by atoms with van der Waals surface area (Å²) in [6.07, 6.45) is 1.40. The first kappa shape index (κ1) is 13.1. The van der Waals surface area contributed by atoms with Crippen molar-refractivity contribution in [2.45, 2.75) is 18.6 Å². The van der Waals surface area contributed by atoms with Crippen molar-refractivity contribution >= 4 is 27.8 Å². The fourth-order valence-corrected chi connectivity index (χ4v) is 2.37. The number of furan rings is 1. The number of carbonyl (C=O) groups excluding carboxylic acids is 1. The van der Waals surface area contributed by atoms with E-state index in [-0.39, 0.29) is 24.8 Å². The Morgan fingerprint density at radius 1 is 1.61 bits per heavy atom. The number of carboxylic acid groups (broad SMARTS) is 1. The van der Waals surface area contributed by atoms with Gasteiger partial charge in [-0.25, -0.2) is 4.79 Å². The minimum atomic E-state index is -1.04. The van der Waals surface area contributed by atoms with E-state index >= 15 is 0 Å². The third kappa shape index (κ3) is 2.28. The molecule has 2 heterocycles. The van der Waals surface area contributed by atoms with Gasteiger partial charge < -0.3 is 19.2 Å². The largest absolute Gasteiger partial charge is 0.480 e. The molecule has 0 radical (unpaired) electrons. The van der Waals surface area contributed by atoms with E-state index in [0.717, 1.165) is 0 Å². The van der Waals surface area contributed by atoms with Crippen molar-refractivity contribution in [1.82, 2.24) is 4.90 Å². The quantitative estimate of drug-likeness (QED) is 0.910. The van der Waals surface area contributed by atoms with E-state index in [2.05, 4.69) is 15.9 Å². The number of ether oxygens (including phenoxy) is 1. The van der Waals surface area contributed by atoms with Crippen LogP contribution in [0.1, 0.15) is 17.0 Å². The summed E-state index contributed by atoms with van der Waals surface area (Å²) in [5.74, 6) is -1.37. The van der Waals surface area contributed by atoms with Crippen molar-refractivity contribution in [2.75, 3.05) is 13.7 Å². The van der Waals surface area contributed by atoms with E-state index in [1.165, 1.54) is 18.3 Å². The molecule has 0 bridgehead atoms. The van der Waals surface area contributed by atoms with Gasteiger partial charge in [0.15, 0.2) is 0 Å². The molecule has 18 heavy (non-hydrogen) atoms. The number of halogens is 1. The molecule has 2 unspecified atom stereocenters. The van der Waals surface area contributed by atoms with Crippen LogP contribution in [0.15, 0.2) is 21.2 Å². The van der Waals surface area contributed by atoms with Gasteiger partial charge in [-0.05, 0) is 22.0 Å². The van der Waals surface area contributed by atoms with Gasteiger partial charge in [0, 0.05) is 20.1 Å². The third-order valence-electron chi connectivity index (χ3n) is 2.95. The lowest BCUT2D eigenvalue weighted by Gasteiger charge is -2.20. The zero-order valence-electron chi connectivity index (χ0n) is 9.63. The number of hydrogen-bond donors (Lipinski definition) is 1. The first-order valence-corrected chi connectivity index (χ1v) is 6.13. The summed E-state index contributed by atoms with van der Waals surface area (Å²) in [5, 5.41) is 9.12. The van der Waals surface area contributed by atoms with Crippen LogP contribution in [-0.2, 0) is 9.53 Å². The summed E-state index contributed by atoms with van der Waals surface area (Å²) in [5.41, 5.74) is 0. The Kier molecular flexibility index (Phi) is 3.72. The molecule has 1 aromatic heterocycles. The highest BCUT2D eigenvalue weighted by Crippen LogP contribution is 2.26. The van der Waals surface area contributed by atoms with Gasteiger partial charge in [-0.15, -0.1) is 0 Å². The highest BCUT2D eigenvalue weighted by atomic mass is 79.9. The van der Waals surface area contributed by atoms with Gasteiger partial charge in [0.05, 0.1) is 16.8 Å². The van der Waals surface area contributed by atoms with Crippen LogP contribution in [0.2, 0.25) is 0 Å². The third-order valence-corrected chi connectivity index (χ3v) is 3.58. The van der Waals surface area contributed by atoms with Gasteiger partial charge in [0.25, 0.3) is 5.91 Å². The lowest BCUT2D eigenvalue weighted by atomic mass is 10.2. The van der Waals surface area contributed by atoms with Gasteiger partial charge in [-0.3, -0.25) is 4.79 Å². The Hall–Kier alpha value is -1.34. The van der Waals surface area contributed by atoms with Crippen LogP contribution in [0.25, 0.3) is 0 Å². The topological polar surface area (TPSA) is 80.0 Å². The smallest absolute Gasteiger partial charge is 0.326 e. The normalized spacial score (nSPS) is 23.3. The number of amides is 1. The standard InChI is InChI=1S/C11H12BrNO5/c1-17-6-4-8(11(15)16)13(5-6)10(14)9-7(12)2-3-18-9/h2-3,6,8H,4-5H2,1H3,(H,15,16). The summed E-state index contributed by atoms with van der Waals surface area (Å²) >= 11 is 3.18. The second-order valence-corrected chi connectivity index (χ2v) is 4.86. The Labute approximate surface area is 112 Å². The monoisotopic (exact) mass is 317 g/mol. The van der Waals surface area contributed by atoms with E-state index in [1.54, 1.807) is 6.07 Å². The van der Waals surface area contributed by atoms with Crippen LogP contribution < -0.4 is 0 Å². The zero-order valence-corrected chi connectivity index (χ0v) is 11.2. The summed E-state index contributed by atoms with van der Waals surface area (Å²) < 4.78 is 10.7. The second kappa shape index (κ2) is 5.11. The number of likely N-dealkylation sites (tertiary alicyclic amines) is 1. The molecule has 0 spiro atoms. The summed E-state index contributed by atoms with van der Waals surface area (Å²) in [6.45, 7) is 0.249. The first-order chi connectivity index (χ1) is 8.54. The lowest BCUT2D eigenvalue weighted by molar-refractivity contribution is -0.141. The Bertz CT molecular complexity index is 472. The van der Waals surface area contributed by atoms with E-state index < -0.39 is 17.9 Å².